The average Bonchev–Trinajstić information content (AvgIpc) is 1.95. The fourth-order valence-electron chi connectivity index (χ4n) is 1.36. The molecule has 1 unspecified atom stereocenters. The average molecular weight is 261 g/mol. The minimum absolute atomic E-state index is 0.106. The summed E-state index contributed by atoms with van der Waals surface area (Å²) < 4.78 is 17.9. The molecule has 0 aliphatic heterocycles. The molecule has 0 aromatic carbocycles. The van der Waals surface area contributed by atoms with Gasteiger partial charge >= 0.3 is 0 Å². The van der Waals surface area contributed by atoms with Gasteiger partial charge in [0.2, 0.25) is 5.91 Å². The summed E-state index contributed by atoms with van der Waals surface area (Å²) in [6.07, 6.45) is 1.98. The third kappa shape index (κ3) is 6.85. The van der Waals surface area contributed by atoms with Gasteiger partial charge in [0.15, 0.2) is 0 Å². The van der Waals surface area contributed by atoms with Crippen LogP contribution in [0.1, 0.15) is 27.2 Å². The van der Waals surface area contributed by atoms with Gasteiger partial charge in [0.1, 0.15) is 9.92 Å². The smallest absolute Gasteiger partial charge is 0.252 e. The van der Waals surface area contributed by atoms with Crippen LogP contribution in [0.15, 0.2) is 17.0 Å². The number of hydrogen-bond acceptors (Lipinski definition) is 4. The first-order valence-electron chi connectivity index (χ1n) is 5.04. The quantitative estimate of drug-likeness (QED) is 0.697. The highest BCUT2D eigenvalue weighted by Crippen LogP contribution is 2.11. The van der Waals surface area contributed by atoms with Crippen molar-refractivity contribution >= 4 is 21.7 Å². The maximum Gasteiger partial charge on any atom is 0.252 e. The third-order valence-corrected chi connectivity index (χ3v) is 3.92. The number of rotatable bonds is 5. The molecule has 7 heteroatoms. The van der Waals surface area contributed by atoms with Gasteiger partial charge in [-0.1, -0.05) is 6.08 Å². The molecule has 98 valence electrons. The molecule has 0 radical (unpaired) electrons. The highest BCUT2D eigenvalue weighted by molar-refractivity contribution is 7.92. The van der Waals surface area contributed by atoms with Gasteiger partial charge in [0.25, 0.3) is 5.91 Å². The van der Waals surface area contributed by atoms with Crippen LogP contribution in [-0.4, -0.2) is 27.3 Å². The van der Waals surface area contributed by atoms with Crippen molar-refractivity contribution in [3.63, 3.8) is 0 Å². The highest BCUT2D eigenvalue weighted by Gasteiger charge is 2.25. The maximum absolute atomic E-state index is 12.3. The fourth-order valence-corrected chi connectivity index (χ4v) is 3.42. The number of amides is 2. The molecule has 3 N–H and O–H groups in total. The van der Waals surface area contributed by atoms with Crippen LogP contribution in [0, 0.1) is 0 Å². The molecule has 0 aromatic rings. The minimum Gasteiger partial charge on any atom is -0.324 e. The van der Waals surface area contributed by atoms with Crippen molar-refractivity contribution in [1.29, 1.82) is 0 Å². The minimum atomic E-state index is -3.16. The van der Waals surface area contributed by atoms with E-state index in [1.54, 1.807) is 13.0 Å². The SMILES string of the molecule is C=CC[C@@](C)(N)CS(=O)(=NC(C)=O)NC(C)=O. The molecule has 0 aliphatic rings. The molecule has 2 amide bonds. The molecule has 0 aliphatic carbocycles. The molecule has 2 atom stereocenters. The maximum atomic E-state index is 12.3. The highest BCUT2D eigenvalue weighted by atomic mass is 32.2. The summed E-state index contributed by atoms with van der Waals surface area (Å²) in [5.41, 5.74) is 5.04. The molecule has 17 heavy (non-hydrogen) atoms. The van der Waals surface area contributed by atoms with Crippen LogP contribution in [0.25, 0.3) is 0 Å². The van der Waals surface area contributed by atoms with E-state index >= 15 is 0 Å². The molecule has 0 heterocycles. The summed E-state index contributed by atoms with van der Waals surface area (Å²) >= 11 is 0. The summed E-state index contributed by atoms with van der Waals surface area (Å²) in [5.74, 6) is -1.24. The van der Waals surface area contributed by atoms with E-state index in [0.29, 0.717) is 6.42 Å². The monoisotopic (exact) mass is 261 g/mol. The number of nitrogens with zero attached hydrogens (tertiary/aromatic N) is 1. The number of carbonyl (C=O) groups excluding carboxylic acids is 2. The van der Waals surface area contributed by atoms with Crippen molar-refractivity contribution < 1.29 is 13.8 Å². The molecule has 0 saturated heterocycles. The zero-order chi connectivity index (χ0) is 13.7. The molecule has 6 nitrogen and oxygen atoms in total. The molecule has 0 aromatic heterocycles. The first kappa shape index (κ1) is 15.8. The van der Waals surface area contributed by atoms with Crippen LogP contribution >= 0.6 is 0 Å². The predicted molar refractivity (Wildman–Crippen MR) is 67.3 cm³/mol. The fraction of sp³-hybridized carbons (Fsp3) is 0.600. The van der Waals surface area contributed by atoms with Crippen LogP contribution in [-0.2, 0) is 19.5 Å². The van der Waals surface area contributed by atoms with Crippen LogP contribution in [0.2, 0.25) is 0 Å². The van der Waals surface area contributed by atoms with Gasteiger partial charge in [-0.05, 0) is 13.3 Å². The van der Waals surface area contributed by atoms with Crippen molar-refractivity contribution in [2.75, 3.05) is 5.75 Å². The van der Waals surface area contributed by atoms with E-state index in [9.17, 15) is 13.8 Å². The molecule has 0 bridgehead atoms. The van der Waals surface area contributed by atoms with Gasteiger partial charge in [0, 0.05) is 19.4 Å². The van der Waals surface area contributed by atoms with E-state index in [1.807, 2.05) is 0 Å². The van der Waals surface area contributed by atoms with Crippen molar-refractivity contribution in [2.24, 2.45) is 10.1 Å². The Morgan fingerprint density at radius 2 is 2.06 bits per heavy atom. The summed E-state index contributed by atoms with van der Waals surface area (Å²) in [6, 6.07) is 0. The van der Waals surface area contributed by atoms with Crippen LogP contribution in [0.4, 0.5) is 0 Å². The normalized spacial score (nSPS) is 17.4. The van der Waals surface area contributed by atoms with E-state index < -0.39 is 27.3 Å². The van der Waals surface area contributed by atoms with Gasteiger partial charge in [0.05, 0.1) is 5.75 Å². The summed E-state index contributed by atoms with van der Waals surface area (Å²) in [7, 11) is -3.16. The van der Waals surface area contributed by atoms with Gasteiger partial charge in [-0.2, -0.15) is 0 Å². The lowest BCUT2D eigenvalue weighted by Crippen LogP contribution is -2.47. The lowest BCUT2D eigenvalue weighted by molar-refractivity contribution is -0.117. The van der Waals surface area contributed by atoms with Crippen molar-refractivity contribution in [3.8, 4) is 0 Å². The lowest BCUT2D eigenvalue weighted by atomic mass is 10.0. The Labute approximate surface area is 102 Å². The van der Waals surface area contributed by atoms with Crippen molar-refractivity contribution in [3.05, 3.63) is 12.7 Å². The molecule has 0 saturated carbocycles. The molecule has 0 rings (SSSR count). The van der Waals surface area contributed by atoms with Crippen molar-refractivity contribution in [2.45, 2.75) is 32.7 Å². The van der Waals surface area contributed by atoms with E-state index in [2.05, 4.69) is 15.7 Å². The Balaban J connectivity index is 5.23. The molecular formula is C10H19N3O3S. The van der Waals surface area contributed by atoms with E-state index in [4.69, 9.17) is 5.73 Å². The molecule has 0 spiro atoms. The number of nitrogens with one attached hydrogen (secondary N) is 1. The summed E-state index contributed by atoms with van der Waals surface area (Å²) in [6.45, 7) is 7.57. The van der Waals surface area contributed by atoms with Gasteiger partial charge in [-0.15, -0.1) is 10.9 Å². The first-order chi connectivity index (χ1) is 7.60. The zero-order valence-corrected chi connectivity index (χ0v) is 11.2. The lowest BCUT2D eigenvalue weighted by Gasteiger charge is -2.24. The topological polar surface area (TPSA) is 102 Å². The number of carbonyl (C=O) groups is 2. The van der Waals surface area contributed by atoms with Crippen LogP contribution < -0.4 is 10.5 Å². The molecule has 0 fully saturated rings. The van der Waals surface area contributed by atoms with E-state index in [1.165, 1.54) is 13.8 Å². The predicted octanol–water partition coefficient (Wildman–Crippen LogP) is 0.345. The molecular weight excluding hydrogens is 242 g/mol. The number of hydrogen-bond donors (Lipinski definition) is 2. The second-order valence-corrected chi connectivity index (χ2v) is 6.16. The summed E-state index contributed by atoms with van der Waals surface area (Å²) in [4.78, 5) is 21.9. The summed E-state index contributed by atoms with van der Waals surface area (Å²) in [5, 5.41) is 0. The van der Waals surface area contributed by atoms with Crippen LogP contribution in [0.5, 0.6) is 0 Å². The van der Waals surface area contributed by atoms with Gasteiger partial charge in [-0.3, -0.25) is 14.3 Å². The van der Waals surface area contributed by atoms with Crippen molar-refractivity contribution in [1.82, 2.24) is 4.72 Å². The zero-order valence-electron chi connectivity index (χ0n) is 10.4. The van der Waals surface area contributed by atoms with Gasteiger partial charge in [-0.25, -0.2) is 4.21 Å². The largest absolute Gasteiger partial charge is 0.324 e. The van der Waals surface area contributed by atoms with E-state index in [-0.39, 0.29) is 5.75 Å². The number of nitrogens with two attached hydrogens (primary N) is 1. The Kier molecular flexibility index (Phi) is 5.50. The third-order valence-electron chi connectivity index (χ3n) is 1.72. The van der Waals surface area contributed by atoms with E-state index in [0.717, 1.165) is 0 Å². The van der Waals surface area contributed by atoms with Gasteiger partial charge < -0.3 is 5.73 Å². The Bertz CT molecular complexity index is 434. The second kappa shape index (κ2) is 5.92. The first-order valence-corrected chi connectivity index (χ1v) is 6.72. The standard InChI is InChI=1S/C10H19N3O3S/c1-5-6-10(4,11)7-17(16,12-8(2)14)13-9(3)15/h5H,1,6-7,11H2,2-4H3,(H,12,13,14,15,16)/t10-/m1/s1. The Morgan fingerprint density at radius 1 is 1.53 bits per heavy atom. The Morgan fingerprint density at radius 3 is 2.41 bits per heavy atom. The van der Waals surface area contributed by atoms with Crippen LogP contribution in [0.3, 0.4) is 0 Å². The Hall–Kier alpha value is -1.21. The second-order valence-electron chi connectivity index (χ2n) is 4.20.